The maximum Gasteiger partial charge on any atom is 0.161 e. The molecule has 3 rings (SSSR count). The van der Waals surface area contributed by atoms with E-state index in [1.54, 1.807) is 0 Å². The first kappa shape index (κ1) is 14.7. The van der Waals surface area contributed by atoms with Gasteiger partial charge in [0.25, 0.3) is 0 Å². The van der Waals surface area contributed by atoms with E-state index in [0.717, 1.165) is 18.0 Å². The predicted molar refractivity (Wildman–Crippen MR) is 84.0 cm³/mol. The number of hydrogen-bond acceptors (Lipinski definition) is 4. The van der Waals surface area contributed by atoms with Gasteiger partial charge in [0.1, 0.15) is 13.2 Å². The Hall–Kier alpha value is -1.26. The molecule has 4 heteroatoms. The third kappa shape index (κ3) is 4.11. The van der Waals surface area contributed by atoms with E-state index in [-0.39, 0.29) is 0 Å². The number of ether oxygens (including phenoxy) is 2. The molecule has 2 atom stereocenters. The lowest BCUT2D eigenvalue weighted by Gasteiger charge is -2.26. The fourth-order valence-electron chi connectivity index (χ4n) is 3.13. The van der Waals surface area contributed by atoms with Crippen molar-refractivity contribution in [3.05, 3.63) is 23.8 Å². The van der Waals surface area contributed by atoms with E-state index in [0.29, 0.717) is 25.3 Å². The van der Waals surface area contributed by atoms with Gasteiger partial charge in [-0.05, 0) is 50.4 Å². The van der Waals surface area contributed by atoms with Crippen molar-refractivity contribution >= 4 is 0 Å². The highest BCUT2D eigenvalue weighted by molar-refractivity contribution is 5.43. The van der Waals surface area contributed by atoms with Crippen LogP contribution in [0.15, 0.2) is 18.2 Å². The molecule has 2 aliphatic rings. The number of benzene rings is 1. The summed E-state index contributed by atoms with van der Waals surface area (Å²) in [5.74, 6) is 1.74. The number of nitrogens with one attached hydrogen (secondary N) is 2. The summed E-state index contributed by atoms with van der Waals surface area (Å²) in [7, 11) is 0. The molecule has 21 heavy (non-hydrogen) atoms. The summed E-state index contributed by atoms with van der Waals surface area (Å²) in [6, 6.07) is 7.42. The van der Waals surface area contributed by atoms with Crippen molar-refractivity contribution in [2.75, 3.05) is 19.8 Å². The molecule has 4 nitrogen and oxygen atoms in total. The fourth-order valence-corrected chi connectivity index (χ4v) is 3.13. The fraction of sp³-hybridized carbons (Fsp3) is 0.647. The lowest BCUT2D eigenvalue weighted by Crippen LogP contribution is -2.39. The second-order valence-corrected chi connectivity index (χ2v) is 6.14. The first-order valence-electron chi connectivity index (χ1n) is 8.16. The molecular weight excluding hydrogens is 264 g/mol. The van der Waals surface area contributed by atoms with E-state index in [4.69, 9.17) is 9.47 Å². The standard InChI is InChI=1S/C17H26N2O2/c1-13(10-15-4-2-3-7-18-15)19-12-14-5-6-16-17(11-14)21-9-8-20-16/h5-6,11,13,15,18-19H,2-4,7-10,12H2,1H3. The van der Waals surface area contributed by atoms with E-state index < -0.39 is 0 Å². The van der Waals surface area contributed by atoms with Gasteiger partial charge in [0.05, 0.1) is 0 Å². The third-order valence-electron chi connectivity index (χ3n) is 4.31. The largest absolute Gasteiger partial charge is 0.486 e. The van der Waals surface area contributed by atoms with Crippen LogP contribution in [0.3, 0.4) is 0 Å². The number of fused-ring (bicyclic) bond motifs is 1. The average molecular weight is 290 g/mol. The second-order valence-electron chi connectivity index (χ2n) is 6.14. The highest BCUT2D eigenvalue weighted by Crippen LogP contribution is 2.30. The van der Waals surface area contributed by atoms with E-state index >= 15 is 0 Å². The Morgan fingerprint density at radius 1 is 1.24 bits per heavy atom. The van der Waals surface area contributed by atoms with Crippen LogP contribution >= 0.6 is 0 Å². The maximum atomic E-state index is 5.63. The first-order chi connectivity index (χ1) is 10.3. The molecule has 2 N–H and O–H groups in total. The molecule has 2 heterocycles. The summed E-state index contributed by atoms with van der Waals surface area (Å²) < 4.78 is 11.2. The summed E-state index contributed by atoms with van der Waals surface area (Å²) >= 11 is 0. The van der Waals surface area contributed by atoms with Crippen molar-refractivity contribution in [1.29, 1.82) is 0 Å². The Labute approximate surface area is 127 Å². The quantitative estimate of drug-likeness (QED) is 0.874. The number of rotatable bonds is 5. The first-order valence-corrected chi connectivity index (χ1v) is 8.16. The van der Waals surface area contributed by atoms with Crippen LogP contribution < -0.4 is 20.1 Å². The van der Waals surface area contributed by atoms with Gasteiger partial charge >= 0.3 is 0 Å². The molecule has 0 aromatic heterocycles. The summed E-state index contributed by atoms with van der Waals surface area (Å²) in [5.41, 5.74) is 1.25. The van der Waals surface area contributed by atoms with E-state index in [1.165, 1.54) is 37.8 Å². The zero-order valence-electron chi connectivity index (χ0n) is 12.9. The van der Waals surface area contributed by atoms with Crippen LogP contribution in [0.4, 0.5) is 0 Å². The molecule has 0 aliphatic carbocycles. The van der Waals surface area contributed by atoms with Gasteiger partial charge in [0, 0.05) is 18.6 Å². The Morgan fingerprint density at radius 3 is 2.90 bits per heavy atom. The lowest BCUT2D eigenvalue weighted by atomic mass is 9.98. The van der Waals surface area contributed by atoms with Crippen molar-refractivity contribution < 1.29 is 9.47 Å². The minimum Gasteiger partial charge on any atom is -0.486 e. The molecule has 2 aliphatic heterocycles. The summed E-state index contributed by atoms with van der Waals surface area (Å²) in [4.78, 5) is 0. The Balaban J connectivity index is 1.47. The van der Waals surface area contributed by atoms with E-state index in [9.17, 15) is 0 Å². The van der Waals surface area contributed by atoms with Gasteiger partial charge in [-0.15, -0.1) is 0 Å². The highest BCUT2D eigenvalue weighted by atomic mass is 16.6. The smallest absolute Gasteiger partial charge is 0.161 e. The molecule has 0 amide bonds. The van der Waals surface area contributed by atoms with Gasteiger partial charge < -0.3 is 20.1 Å². The third-order valence-corrected chi connectivity index (χ3v) is 4.31. The molecule has 1 aromatic carbocycles. The lowest BCUT2D eigenvalue weighted by molar-refractivity contribution is 0.171. The van der Waals surface area contributed by atoms with Crippen LogP contribution in [-0.4, -0.2) is 31.8 Å². The van der Waals surface area contributed by atoms with Crippen molar-refractivity contribution in [3.8, 4) is 11.5 Å². The molecule has 0 bridgehead atoms. The van der Waals surface area contributed by atoms with Crippen LogP contribution in [0.5, 0.6) is 11.5 Å². The zero-order chi connectivity index (χ0) is 14.5. The molecule has 116 valence electrons. The highest BCUT2D eigenvalue weighted by Gasteiger charge is 2.16. The van der Waals surface area contributed by atoms with Gasteiger partial charge in [-0.25, -0.2) is 0 Å². The number of piperidine rings is 1. The molecule has 1 fully saturated rings. The SMILES string of the molecule is CC(CC1CCCCN1)NCc1ccc2c(c1)OCCO2. The molecule has 1 aromatic rings. The normalized spacial score (nSPS) is 22.8. The molecular formula is C17H26N2O2. The van der Waals surface area contributed by atoms with Gasteiger partial charge in [-0.2, -0.15) is 0 Å². The molecule has 2 unspecified atom stereocenters. The Morgan fingerprint density at radius 2 is 2.10 bits per heavy atom. The number of hydrogen-bond donors (Lipinski definition) is 2. The van der Waals surface area contributed by atoms with Gasteiger partial charge in [0.15, 0.2) is 11.5 Å². The van der Waals surface area contributed by atoms with Crippen molar-refractivity contribution in [3.63, 3.8) is 0 Å². The van der Waals surface area contributed by atoms with Crippen LogP contribution in [0.2, 0.25) is 0 Å². The maximum absolute atomic E-state index is 5.63. The summed E-state index contributed by atoms with van der Waals surface area (Å²) in [5, 5.41) is 7.23. The van der Waals surface area contributed by atoms with Crippen LogP contribution in [0.1, 0.15) is 38.2 Å². The summed E-state index contributed by atoms with van der Waals surface area (Å²) in [6.45, 7) is 5.63. The van der Waals surface area contributed by atoms with Crippen molar-refractivity contribution in [2.24, 2.45) is 0 Å². The van der Waals surface area contributed by atoms with Crippen LogP contribution in [0.25, 0.3) is 0 Å². The predicted octanol–water partition coefficient (Wildman–Crippen LogP) is 2.47. The Kier molecular flexibility index (Phi) is 4.99. The molecule has 0 radical (unpaired) electrons. The molecule has 0 spiro atoms. The molecule has 1 saturated heterocycles. The minimum absolute atomic E-state index is 0.522. The average Bonchev–Trinajstić information content (AvgIpc) is 2.54. The molecule has 0 saturated carbocycles. The second kappa shape index (κ2) is 7.14. The van der Waals surface area contributed by atoms with Crippen LogP contribution in [0, 0.1) is 0 Å². The zero-order valence-corrected chi connectivity index (χ0v) is 12.9. The van der Waals surface area contributed by atoms with Crippen molar-refractivity contribution in [1.82, 2.24) is 10.6 Å². The Bertz CT molecular complexity index is 458. The topological polar surface area (TPSA) is 42.5 Å². The van der Waals surface area contributed by atoms with Crippen LogP contribution in [-0.2, 0) is 6.54 Å². The van der Waals surface area contributed by atoms with Gasteiger partial charge in [0.2, 0.25) is 0 Å². The monoisotopic (exact) mass is 290 g/mol. The van der Waals surface area contributed by atoms with Gasteiger partial charge in [-0.3, -0.25) is 0 Å². The summed E-state index contributed by atoms with van der Waals surface area (Å²) in [6.07, 6.45) is 5.21. The van der Waals surface area contributed by atoms with E-state index in [2.05, 4.69) is 29.7 Å². The van der Waals surface area contributed by atoms with Gasteiger partial charge in [-0.1, -0.05) is 12.5 Å². The van der Waals surface area contributed by atoms with E-state index in [1.807, 2.05) is 6.07 Å². The van der Waals surface area contributed by atoms with Crippen molar-refractivity contribution in [2.45, 2.75) is 51.2 Å². The minimum atomic E-state index is 0.522.